The van der Waals surface area contributed by atoms with E-state index in [4.69, 9.17) is 4.74 Å². The van der Waals surface area contributed by atoms with Crippen LogP contribution in [-0.4, -0.2) is 60.1 Å². The summed E-state index contributed by atoms with van der Waals surface area (Å²) in [5, 5.41) is 5.53. The SMILES string of the molecule is C/C=C\C(=C/C)C[C@@H](C[C@H](C)C(=O)OC)NC(=O)c1csc(CCC(C(C)C)N(C)C(=O)CC23CC(C(F)(F)F)(C2)C3)n1. The summed E-state index contributed by atoms with van der Waals surface area (Å²) in [6, 6.07) is -0.404. The Morgan fingerprint density at radius 3 is 2.37 bits per heavy atom. The molecule has 11 heteroatoms. The number of rotatable bonds is 15. The predicted octanol–water partition coefficient (Wildman–Crippen LogP) is 6.89. The standard InChI is InChI=1S/C32H46F3N3O4S/c1-8-10-22(9-2)14-23(13-21(5)29(41)42-7)36-28(40)24-16-43-26(37-24)12-11-25(20(3)4)38(6)27(39)15-30-17-31(18-30,19-30)32(33,34)35/h8-10,16,20-21,23,25H,11-15,17-19H2,1-7H3,(H,36,40)/b10-8-,22-9+/t21-,23+,25?,30?,31?/m0/s1. The number of aryl methyl sites for hydroxylation is 1. The van der Waals surface area contributed by atoms with Crippen molar-refractivity contribution in [1.82, 2.24) is 15.2 Å². The van der Waals surface area contributed by atoms with E-state index in [1.807, 2.05) is 45.9 Å². The first kappa shape index (κ1) is 34.8. The molecule has 3 aliphatic carbocycles. The molecule has 2 amide bonds. The number of aromatic nitrogens is 1. The van der Waals surface area contributed by atoms with Gasteiger partial charge in [-0.1, -0.05) is 44.6 Å². The van der Waals surface area contributed by atoms with E-state index in [2.05, 4.69) is 10.3 Å². The zero-order chi connectivity index (χ0) is 32.2. The normalized spacial score (nSPS) is 23.7. The molecule has 0 radical (unpaired) electrons. The number of halogens is 3. The lowest BCUT2D eigenvalue weighted by Crippen LogP contribution is -2.69. The number of methoxy groups -OCH3 is 1. The number of alkyl halides is 3. The van der Waals surface area contributed by atoms with Crippen LogP contribution in [-0.2, 0) is 20.7 Å². The molecule has 3 fully saturated rings. The molecule has 1 unspecified atom stereocenters. The van der Waals surface area contributed by atoms with Gasteiger partial charge in [-0.05, 0) is 63.7 Å². The second-order valence-electron chi connectivity index (χ2n) is 12.9. The van der Waals surface area contributed by atoms with Crippen molar-refractivity contribution in [2.75, 3.05) is 14.2 Å². The Labute approximate surface area is 257 Å². The zero-order valence-electron chi connectivity index (χ0n) is 26.3. The topological polar surface area (TPSA) is 88.6 Å². The van der Waals surface area contributed by atoms with Crippen LogP contribution in [0.3, 0.4) is 0 Å². The third kappa shape index (κ3) is 8.08. The molecule has 1 aromatic heterocycles. The second-order valence-corrected chi connectivity index (χ2v) is 13.8. The Morgan fingerprint density at radius 1 is 1.19 bits per heavy atom. The fourth-order valence-electron chi connectivity index (χ4n) is 6.85. The van der Waals surface area contributed by atoms with Gasteiger partial charge in [0.2, 0.25) is 5.91 Å². The zero-order valence-corrected chi connectivity index (χ0v) is 27.2. The maximum atomic E-state index is 13.2. The number of carbonyl (C=O) groups is 3. The molecule has 240 valence electrons. The highest BCUT2D eigenvalue weighted by Gasteiger charge is 2.78. The Hall–Kier alpha value is -2.69. The van der Waals surface area contributed by atoms with E-state index in [1.54, 1.807) is 24.3 Å². The molecule has 2 bridgehead atoms. The van der Waals surface area contributed by atoms with Gasteiger partial charge in [0.1, 0.15) is 5.69 Å². The Kier molecular flexibility index (Phi) is 11.3. The molecule has 4 rings (SSSR count). The molecule has 0 aliphatic heterocycles. The van der Waals surface area contributed by atoms with Crippen LogP contribution in [0.5, 0.6) is 0 Å². The van der Waals surface area contributed by atoms with Gasteiger partial charge in [-0.25, -0.2) is 4.98 Å². The van der Waals surface area contributed by atoms with Crippen LogP contribution in [0.4, 0.5) is 13.2 Å². The van der Waals surface area contributed by atoms with Crippen molar-refractivity contribution in [2.24, 2.45) is 22.7 Å². The van der Waals surface area contributed by atoms with E-state index in [9.17, 15) is 27.6 Å². The molecule has 0 spiro atoms. The highest BCUT2D eigenvalue weighted by molar-refractivity contribution is 7.09. The first-order chi connectivity index (χ1) is 20.1. The molecule has 43 heavy (non-hydrogen) atoms. The number of thiazole rings is 1. The summed E-state index contributed by atoms with van der Waals surface area (Å²) in [5.74, 6) is -1.01. The molecule has 3 aliphatic rings. The molecule has 1 heterocycles. The quantitative estimate of drug-likeness (QED) is 0.169. The van der Waals surface area contributed by atoms with E-state index in [0.29, 0.717) is 31.4 Å². The molecule has 0 aromatic carbocycles. The lowest BCUT2D eigenvalue weighted by atomic mass is 9.34. The number of nitrogens with one attached hydrogen (secondary N) is 1. The van der Waals surface area contributed by atoms with Crippen LogP contribution in [0.1, 0.15) is 95.1 Å². The highest BCUT2D eigenvalue weighted by Crippen LogP contribution is 2.79. The van der Waals surface area contributed by atoms with Gasteiger partial charge in [-0.3, -0.25) is 14.4 Å². The van der Waals surface area contributed by atoms with Crippen molar-refractivity contribution < 1.29 is 32.3 Å². The Morgan fingerprint density at radius 2 is 1.84 bits per heavy atom. The van der Waals surface area contributed by atoms with Gasteiger partial charge in [-0.15, -0.1) is 11.3 Å². The van der Waals surface area contributed by atoms with Gasteiger partial charge in [0, 0.05) is 37.4 Å². The summed E-state index contributed by atoms with van der Waals surface area (Å²) in [6.07, 6.45) is 4.20. The van der Waals surface area contributed by atoms with Gasteiger partial charge < -0.3 is 15.0 Å². The summed E-state index contributed by atoms with van der Waals surface area (Å²) < 4.78 is 44.6. The molecule has 1 aromatic rings. The Balaban J connectivity index is 1.58. The van der Waals surface area contributed by atoms with Crippen molar-refractivity contribution in [3.8, 4) is 0 Å². The van der Waals surface area contributed by atoms with Crippen LogP contribution >= 0.6 is 11.3 Å². The highest BCUT2D eigenvalue weighted by atomic mass is 32.1. The van der Waals surface area contributed by atoms with E-state index in [0.717, 1.165) is 10.6 Å². The fourth-order valence-corrected chi connectivity index (χ4v) is 7.64. The summed E-state index contributed by atoms with van der Waals surface area (Å²) in [5.41, 5.74) is -0.709. The average Bonchev–Trinajstić information content (AvgIpc) is 3.37. The third-order valence-corrected chi connectivity index (χ3v) is 10.1. The van der Waals surface area contributed by atoms with Crippen LogP contribution in [0.25, 0.3) is 0 Å². The number of esters is 1. The van der Waals surface area contributed by atoms with Gasteiger partial charge in [0.05, 0.1) is 23.5 Å². The minimum absolute atomic E-state index is 0.0627. The molecule has 7 nitrogen and oxygen atoms in total. The van der Waals surface area contributed by atoms with E-state index in [-0.39, 0.29) is 61.5 Å². The van der Waals surface area contributed by atoms with Gasteiger partial charge in [-0.2, -0.15) is 13.2 Å². The van der Waals surface area contributed by atoms with Crippen molar-refractivity contribution in [3.05, 3.63) is 39.9 Å². The summed E-state index contributed by atoms with van der Waals surface area (Å²) >= 11 is 1.38. The average molecular weight is 626 g/mol. The molecule has 3 saturated carbocycles. The first-order valence-electron chi connectivity index (χ1n) is 15.0. The van der Waals surface area contributed by atoms with Crippen molar-refractivity contribution >= 4 is 29.1 Å². The Bertz CT molecular complexity index is 1200. The predicted molar refractivity (Wildman–Crippen MR) is 161 cm³/mol. The van der Waals surface area contributed by atoms with Gasteiger partial charge in [0.15, 0.2) is 0 Å². The number of ether oxygens (including phenoxy) is 1. The molecular formula is C32H46F3N3O4S. The van der Waals surface area contributed by atoms with Gasteiger partial charge >= 0.3 is 12.1 Å². The monoisotopic (exact) mass is 625 g/mol. The lowest BCUT2D eigenvalue weighted by molar-refractivity contribution is -0.362. The lowest BCUT2D eigenvalue weighted by Gasteiger charge is -2.70. The van der Waals surface area contributed by atoms with Crippen molar-refractivity contribution in [1.29, 1.82) is 0 Å². The fraction of sp³-hybridized carbons (Fsp3) is 0.688. The molecule has 3 atom stereocenters. The number of carbonyl (C=O) groups excluding carboxylic acids is 3. The minimum atomic E-state index is -4.18. The largest absolute Gasteiger partial charge is 0.469 e. The second kappa shape index (κ2) is 13.9. The molecule has 0 saturated heterocycles. The third-order valence-electron chi connectivity index (χ3n) is 9.18. The summed E-state index contributed by atoms with van der Waals surface area (Å²) in [7, 11) is 3.09. The van der Waals surface area contributed by atoms with E-state index < -0.39 is 22.9 Å². The van der Waals surface area contributed by atoms with Crippen molar-refractivity contribution in [3.63, 3.8) is 0 Å². The number of nitrogens with zero attached hydrogens (tertiary/aromatic N) is 2. The molecular weight excluding hydrogens is 579 g/mol. The number of allylic oxidation sites excluding steroid dienone is 3. The summed E-state index contributed by atoms with van der Waals surface area (Å²) in [4.78, 5) is 44.6. The smallest absolute Gasteiger partial charge is 0.394 e. The molecule has 1 N–H and O–H groups in total. The van der Waals surface area contributed by atoms with E-state index >= 15 is 0 Å². The van der Waals surface area contributed by atoms with Crippen LogP contribution in [0.15, 0.2) is 29.2 Å². The minimum Gasteiger partial charge on any atom is -0.469 e. The summed E-state index contributed by atoms with van der Waals surface area (Å²) in [6.45, 7) is 9.68. The van der Waals surface area contributed by atoms with Crippen molar-refractivity contribution in [2.45, 2.75) is 104 Å². The van der Waals surface area contributed by atoms with E-state index in [1.165, 1.54) is 18.4 Å². The van der Waals surface area contributed by atoms with Gasteiger partial charge in [0.25, 0.3) is 5.91 Å². The first-order valence-corrected chi connectivity index (χ1v) is 15.9. The number of hydrogen-bond acceptors (Lipinski definition) is 6. The van der Waals surface area contributed by atoms with Crippen LogP contribution < -0.4 is 5.32 Å². The number of hydrogen-bond donors (Lipinski definition) is 1. The maximum absolute atomic E-state index is 13.2. The number of amides is 2. The maximum Gasteiger partial charge on any atom is 0.394 e. The van der Waals surface area contributed by atoms with Crippen LogP contribution in [0, 0.1) is 22.7 Å². The van der Waals surface area contributed by atoms with Crippen LogP contribution in [0.2, 0.25) is 0 Å².